The van der Waals surface area contributed by atoms with E-state index in [0.29, 0.717) is 11.3 Å². The predicted molar refractivity (Wildman–Crippen MR) is 121 cm³/mol. The molecule has 0 heterocycles. The number of hydrazone groups is 1. The fourth-order valence-corrected chi connectivity index (χ4v) is 4.19. The second-order valence-corrected chi connectivity index (χ2v) is 8.47. The average molecular weight is 466 g/mol. The predicted octanol–water partition coefficient (Wildman–Crippen LogP) is 3.07. The Morgan fingerprint density at radius 1 is 1.06 bits per heavy atom. The molecule has 3 aromatic rings. The Labute approximate surface area is 190 Å². The Bertz CT molecular complexity index is 1260. The van der Waals surface area contributed by atoms with Crippen molar-refractivity contribution in [2.75, 3.05) is 17.5 Å². The van der Waals surface area contributed by atoms with Gasteiger partial charge in [0.05, 0.1) is 16.8 Å². The Hall–Kier alpha value is -4.23. The number of benzene rings is 3. The molecule has 0 unspecified atom stereocenters. The van der Waals surface area contributed by atoms with Gasteiger partial charge in [0.1, 0.15) is 24.2 Å². The summed E-state index contributed by atoms with van der Waals surface area (Å²) < 4.78 is 45.7. The molecule has 1 N–H and O–H groups in total. The maximum absolute atomic E-state index is 13.4. The van der Waals surface area contributed by atoms with Crippen LogP contribution in [0.1, 0.15) is 5.56 Å². The molecule has 0 aliphatic rings. The molecule has 0 radical (unpaired) electrons. The molecule has 3 rings (SSSR count). The summed E-state index contributed by atoms with van der Waals surface area (Å²) in [4.78, 5) is 12.5. The van der Waals surface area contributed by atoms with Crippen molar-refractivity contribution in [2.45, 2.75) is 4.90 Å². The van der Waals surface area contributed by atoms with Crippen LogP contribution in [0.3, 0.4) is 0 Å². The number of rotatable bonds is 9. The number of nitrogens with zero attached hydrogens (tertiary/aromatic N) is 3. The molecule has 1 amide bonds. The van der Waals surface area contributed by atoms with Crippen LogP contribution < -0.4 is 14.5 Å². The zero-order valence-electron chi connectivity index (χ0n) is 17.3. The van der Waals surface area contributed by atoms with Gasteiger partial charge in [-0.2, -0.15) is 10.4 Å². The number of amides is 1. The molecule has 33 heavy (non-hydrogen) atoms. The minimum atomic E-state index is -4.09. The SMILES string of the molecule is N#CCOc1ccc(/C=N\NC(=O)CN(c2ccc(F)cc2)S(=O)(=O)c2ccccc2)cc1. The lowest BCUT2D eigenvalue weighted by molar-refractivity contribution is -0.119. The van der Waals surface area contributed by atoms with E-state index in [1.807, 2.05) is 6.07 Å². The van der Waals surface area contributed by atoms with Gasteiger partial charge in [-0.3, -0.25) is 9.10 Å². The molecule has 168 valence electrons. The summed E-state index contributed by atoms with van der Waals surface area (Å²) >= 11 is 0. The monoisotopic (exact) mass is 466 g/mol. The Kier molecular flexibility index (Phi) is 7.73. The molecule has 0 atom stereocenters. The van der Waals surface area contributed by atoms with Crippen molar-refractivity contribution in [3.8, 4) is 11.8 Å². The molecule has 0 bridgehead atoms. The highest BCUT2D eigenvalue weighted by Gasteiger charge is 2.27. The van der Waals surface area contributed by atoms with E-state index < -0.39 is 28.3 Å². The van der Waals surface area contributed by atoms with Crippen LogP contribution in [-0.4, -0.2) is 33.7 Å². The first-order valence-corrected chi connectivity index (χ1v) is 11.1. The number of anilines is 1. The first-order valence-electron chi connectivity index (χ1n) is 9.65. The van der Waals surface area contributed by atoms with Gasteiger partial charge in [0.15, 0.2) is 6.61 Å². The summed E-state index contributed by atoms with van der Waals surface area (Å²) in [6.45, 7) is -0.638. The summed E-state index contributed by atoms with van der Waals surface area (Å²) in [7, 11) is -4.09. The highest BCUT2D eigenvalue weighted by atomic mass is 32.2. The third-order valence-electron chi connectivity index (χ3n) is 4.32. The van der Waals surface area contributed by atoms with Gasteiger partial charge in [-0.25, -0.2) is 18.2 Å². The van der Waals surface area contributed by atoms with Crippen LogP contribution >= 0.6 is 0 Å². The number of carbonyl (C=O) groups excluding carboxylic acids is 1. The van der Waals surface area contributed by atoms with E-state index in [2.05, 4.69) is 10.5 Å². The van der Waals surface area contributed by atoms with Crippen molar-refractivity contribution in [3.05, 3.63) is 90.2 Å². The zero-order valence-corrected chi connectivity index (χ0v) is 18.1. The topological polar surface area (TPSA) is 112 Å². The van der Waals surface area contributed by atoms with Gasteiger partial charge in [-0.15, -0.1) is 0 Å². The number of nitriles is 1. The minimum Gasteiger partial charge on any atom is -0.479 e. The van der Waals surface area contributed by atoms with Gasteiger partial charge in [0, 0.05) is 0 Å². The van der Waals surface area contributed by atoms with Gasteiger partial charge in [0.25, 0.3) is 15.9 Å². The van der Waals surface area contributed by atoms with Gasteiger partial charge < -0.3 is 4.74 Å². The van der Waals surface area contributed by atoms with Crippen LogP contribution in [-0.2, 0) is 14.8 Å². The van der Waals surface area contributed by atoms with Crippen LogP contribution in [0.2, 0.25) is 0 Å². The van der Waals surface area contributed by atoms with Gasteiger partial charge >= 0.3 is 0 Å². The van der Waals surface area contributed by atoms with Crippen molar-refractivity contribution < 1.29 is 22.3 Å². The number of hydrogen-bond acceptors (Lipinski definition) is 6. The molecule has 0 aromatic heterocycles. The molecule has 8 nitrogen and oxygen atoms in total. The van der Waals surface area contributed by atoms with E-state index in [1.54, 1.807) is 42.5 Å². The highest BCUT2D eigenvalue weighted by molar-refractivity contribution is 7.92. The third kappa shape index (κ3) is 6.38. The molecule has 3 aromatic carbocycles. The number of sulfonamides is 1. The first kappa shape index (κ1) is 23.4. The number of nitrogens with one attached hydrogen (secondary N) is 1. The molecule has 0 saturated carbocycles. The standard InChI is InChI=1S/C23H19FN4O4S/c24-19-8-10-20(11-9-19)28(33(30,31)22-4-2-1-3-5-22)17-23(29)27-26-16-18-6-12-21(13-7-18)32-15-14-25/h1-13,16H,15,17H2,(H,27,29)/b26-16-. The number of carbonyl (C=O) groups is 1. The largest absolute Gasteiger partial charge is 0.479 e. The lowest BCUT2D eigenvalue weighted by Gasteiger charge is -2.23. The minimum absolute atomic E-state index is 0.00988. The van der Waals surface area contributed by atoms with Crippen LogP contribution in [0.5, 0.6) is 5.75 Å². The maximum atomic E-state index is 13.4. The van der Waals surface area contributed by atoms with E-state index in [0.717, 1.165) is 16.4 Å². The number of ether oxygens (including phenoxy) is 1. The summed E-state index contributed by atoms with van der Waals surface area (Å²) in [6, 6.07) is 20.9. The zero-order chi connectivity index (χ0) is 23.7. The van der Waals surface area contributed by atoms with Crippen LogP contribution in [0.15, 0.2) is 88.9 Å². The van der Waals surface area contributed by atoms with Crippen LogP contribution in [0, 0.1) is 17.1 Å². The normalized spacial score (nSPS) is 11.0. The molecular formula is C23H19FN4O4S. The maximum Gasteiger partial charge on any atom is 0.264 e. The van der Waals surface area contributed by atoms with Crippen molar-refractivity contribution in [1.29, 1.82) is 5.26 Å². The van der Waals surface area contributed by atoms with Crippen molar-refractivity contribution in [1.82, 2.24) is 5.43 Å². The summed E-state index contributed by atoms with van der Waals surface area (Å²) in [5, 5.41) is 12.4. The Balaban J connectivity index is 1.73. The van der Waals surface area contributed by atoms with Crippen molar-refractivity contribution in [2.24, 2.45) is 5.10 Å². The molecule has 0 aliphatic carbocycles. The summed E-state index contributed by atoms with van der Waals surface area (Å²) in [6.07, 6.45) is 1.37. The molecular weight excluding hydrogens is 447 g/mol. The van der Waals surface area contributed by atoms with Gasteiger partial charge in [-0.1, -0.05) is 18.2 Å². The fraction of sp³-hybridized carbons (Fsp3) is 0.0870. The average Bonchev–Trinajstić information content (AvgIpc) is 2.83. The van der Waals surface area contributed by atoms with Gasteiger partial charge in [-0.05, 0) is 66.2 Å². The van der Waals surface area contributed by atoms with E-state index in [9.17, 15) is 17.6 Å². The Morgan fingerprint density at radius 3 is 2.36 bits per heavy atom. The highest BCUT2D eigenvalue weighted by Crippen LogP contribution is 2.23. The second-order valence-electron chi connectivity index (χ2n) is 6.61. The number of hydrogen-bond donors (Lipinski definition) is 1. The van der Waals surface area contributed by atoms with Crippen LogP contribution in [0.25, 0.3) is 0 Å². The third-order valence-corrected chi connectivity index (χ3v) is 6.11. The lowest BCUT2D eigenvalue weighted by atomic mass is 10.2. The molecule has 0 saturated heterocycles. The first-order chi connectivity index (χ1) is 15.9. The molecule has 10 heteroatoms. The quantitative estimate of drug-likeness (QED) is 0.385. The van der Waals surface area contributed by atoms with Gasteiger partial charge in [0.2, 0.25) is 0 Å². The lowest BCUT2D eigenvalue weighted by Crippen LogP contribution is -2.39. The summed E-state index contributed by atoms with van der Waals surface area (Å²) in [5.74, 6) is -0.711. The smallest absolute Gasteiger partial charge is 0.264 e. The van der Waals surface area contributed by atoms with E-state index in [-0.39, 0.29) is 17.2 Å². The number of halogens is 1. The molecule has 0 aliphatic heterocycles. The second kappa shape index (κ2) is 10.9. The van der Waals surface area contributed by atoms with E-state index in [4.69, 9.17) is 10.00 Å². The summed E-state index contributed by atoms with van der Waals surface area (Å²) in [5.41, 5.74) is 3.07. The molecule has 0 fully saturated rings. The van der Waals surface area contributed by atoms with Crippen LogP contribution in [0.4, 0.5) is 10.1 Å². The Morgan fingerprint density at radius 2 is 1.73 bits per heavy atom. The fourth-order valence-electron chi connectivity index (χ4n) is 2.75. The molecule has 0 spiro atoms. The van der Waals surface area contributed by atoms with E-state index in [1.165, 1.54) is 30.5 Å². The van der Waals surface area contributed by atoms with Crippen molar-refractivity contribution in [3.63, 3.8) is 0 Å². The van der Waals surface area contributed by atoms with Crippen molar-refractivity contribution >= 4 is 27.8 Å². The van der Waals surface area contributed by atoms with E-state index >= 15 is 0 Å².